The first-order valence-electron chi connectivity index (χ1n) is 19.6. The third-order valence-corrected chi connectivity index (χ3v) is 11.7. The summed E-state index contributed by atoms with van der Waals surface area (Å²) >= 11 is 0. The number of anilines is 2. The molecule has 2 amide bonds. The van der Waals surface area contributed by atoms with Gasteiger partial charge >= 0.3 is 0 Å². The Labute approximate surface area is 300 Å². The average Bonchev–Trinajstić information content (AvgIpc) is 3.85. The number of hydrogen-bond donors (Lipinski definition) is 2. The number of amides is 2. The van der Waals surface area contributed by atoms with Crippen LogP contribution >= 0.6 is 0 Å². The minimum absolute atomic E-state index is 0.000562. The molecule has 5 rings (SSSR count). The molecule has 1 aromatic rings. The molecule has 2 N–H and O–H groups in total. The van der Waals surface area contributed by atoms with E-state index in [0.717, 1.165) is 43.5 Å². The summed E-state index contributed by atoms with van der Waals surface area (Å²) < 4.78 is 0. The summed E-state index contributed by atoms with van der Waals surface area (Å²) in [4.78, 5) is 43.3. The van der Waals surface area contributed by atoms with Crippen molar-refractivity contribution in [3.8, 4) is 0 Å². The first-order valence-corrected chi connectivity index (χ1v) is 19.6. The van der Waals surface area contributed by atoms with Crippen molar-refractivity contribution < 1.29 is 19.5 Å². The number of benzene rings is 1. The standard InChI is InChI=1S/C42H62N4O4/c1-8-42(6,7)40(50)43-33-27-31(45(25-15-13-21-29-17-9-10-18-29)26-16-14-22-30-19-11-12-20-30)23-24-32(33)35-37(47)36(38(35)48)34-28(2)44-46(39(34)49)41(3,4)5/h23-24,27,29-30,47H,8-22,25-26H2,1-7H3,(H,43,50). The molecule has 8 heteroatoms. The Hall–Kier alpha value is -3.42. The summed E-state index contributed by atoms with van der Waals surface area (Å²) in [5, 5.41) is 20.4. The molecule has 274 valence electrons. The number of nitrogens with one attached hydrogen (secondary N) is 1. The number of rotatable bonds is 15. The molecule has 0 atom stereocenters. The molecule has 8 nitrogen and oxygen atoms in total. The number of Topliss-reactive ketones (excluding diaryl/α,β-unsaturated/α-hetero) is 1. The lowest BCUT2D eigenvalue weighted by Crippen LogP contribution is -2.40. The van der Waals surface area contributed by atoms with Gasteiger partial charge in [-0.25, -0.2) is 5.01 Å². The second-order valence-corrected chi connectivity index (χ2v) is 17.0. The highest BCUT2D eigenvalue weighted by Crippen LogP contribution is 2.44. The maximum absolute atomic E-state index is 13.9. The van der Waals surface area contributed by atoms with Crippen LogP contribution in [-0.2, 0) is 14.4 Å². The second-order valence-electron chi connectivity index (χ2n) is 17.0. The van der Waals surface area contributed by atoms with E-state index in [-0.39, 0.29) is 28.4 Å². The van der Waals surface area contributed by atoms with E-state index in [1.54, 1.807) is 6.92 Å². The minimum atomic E-state index is -0.624. The maximum atomic E-state index is 13.9. The number of carbonyl (C=O) groups is 3. The van der Waals surface area contributed by atoms with Gasteiger partial charge in [-0.2, -0.15) is 5.10 Å². The van der Waals surface area contributed by atoms with E-state index < -0.39 is 22.6 Å². The summed E-state index contributed by atoms with van der Waals surface area (Å²) in [5.74, 6) is 0.587. The van der Waals surface area contributed by atoms with Crippen LogP contribution in [0.1, 0.15) is 150 Å². The molecule has 50 heavy (non-hydrogen) atoms. The normalized spacial score (nSPS) is 20.6. The van der Waals surface area contributed by atoms with Gasteiger partial charge in [0.15, 0.2) is 0 Å². The fourth-order valence-electron chi connectivity index (χ4n) is 8.07. The van der Waals surface area contributed by atoms with Crippen molar-refractivity contribution in [3.05, 3.63) is 40.7 Å². The second kappa shape index (κ2) is 15.9. The third-order valence-electron chi connectivity index (χ3n) is 11.7. The predicted octanol–water partition coefficient (Wildman–Crippen LogP) is 9.75. The van der Waals surface area contributed by atoms with Gasteiger partial charge in [-0.1, -0.05) is 97.8 Å². The molecule has 0 bridgehead atoms. The first kappa shape index (κ1) is 37.8. The van der Waals surface area contributed by atoms with Crippen LogP contribution < -0.4 is 10.2 Å². The predicted molar refractivity (Wildman–Crippen MR) is 204 cm³/mol. The van der Waals surface area contributed by atoms with Gasteiger partial charge in [0, 0.05) is 29.8 Å². The molecular formula is C42H62N4O4. The molecule has 1 aromatic carbocycles. The van der Waals surface area contributed by atoms with Crippen molar-refractivity contribution in [1.29, 1.82) is 0 Å². The third kappa shape index (κ3) is 8.37. The molecule has 2 fully saturated rings. The fourth-order valence-corrected chi connectivity index (χ4v) is 8.07. The highest BCUT2D eigenvalue weighted by Gasteiger charge is 2.45. The quantitative estimate of drug-likeness (QED) is 0.141. The number of unbranched alkanes of at least 4 members (excludes halogenated alkanes) is 2. The van der Waals surface area contributed by atoms with Crippen molar-refractivity contribution in [2.45, 2.75) is 150 Å². The number of aliphatic hydroxyl groups excluding tert-OH is 1. The summed E-state index contributed by atoms with van der Waals surface area (Å²) in [6.45, 7) is 15.0. The average molecular weight is 687 g/mol. The topological polar surface area (TPSA) is 102 Å². The van der Waals surface area contributed by atoms with Gasteiger partial charge in [0.25, 0.3) is 5.91 Å². The maximum Gasteiger partial charge on any atom is 0.277 e. The van der Waals surface area contributed by atoms with Crippen molar-refractivity contribution in [3.63, 3.8) is 0 Å². The van der Waals surface area contributed by atoms with Gasteiger partial charge < -0.3 is 15.3 Å². The Morgan fingerprint density at radius 3 is 1.92 bits per heavy atom. The molecule has 4 aliphatic rings. The number of ketones is 1. The summed E-state index contributed by atoms with van der Waals surface area (Å²) in [7, 11) is 0. The molecule has 0 saturated heterocycles. The van der Waals surface area contributed by atoms with E-state index in [9.17, 15) is 19.5 Å². The number of aliphatic hydroxyl groups is 1. The lowest BCUT2D eigenvalue weighted by atomic mass is 9.79. The Morgan fingerprint density at radius 2 is 1.44 bits per heavy atom. The summed E-state index contributed by atoms with van der Waals surface area (Å²) in [6.07, 6.45) is 18.9. The number of nitrogens with zero attached hydrogens (tertiary/aromatic N) is 3. The molecule has 1 aliphatic heterocycles. The highest BCUT2D eigenvalue weighted by molar-refractivity contribution is 6.44. The molecule has 0 spiro atoms. The van der Waals surface area contributed by atoms with Gasteiger partial charge in [-0.05, 0) is 77.0 Å². The van der Waals surface area contributed by atoms with Gasteiger partial charge in [0.05, 0.1) is 33.7 Å². The van der Waals surface area contributed by atoms with E-state index in [1.165, 1.54) is 82.1 Å². The monoisotopic (exact) mass is 686 g/mol. The zero-order valence-corrected chi connectivity index (χ0v) is 31.9. The van der Waals surface area contributed by atoms with Gasteiger partial charge in [-0.3, -0.25) is 14.4 Å². The SMILES string of the molecule is CCC(C)(C)C(=O)Nc1cc(N(CCCCC2CCCC2)CCCCC2CCCC2)ccc1C1=C(O)C(=C2C(=O)N(C(C)(C)C)N=C2C)C1=O. The zero-order valence-electron chi connectivity index (χ0n) is 31.9. The minimum Gasteiger partial charge on any atom is -0.506 e. The van der Waals surface area contributed by atoms with Gasteiger partial charge in [0.2, 0.25) is 11.7 Å². The number of hydrazone groups is 1. The molecule has 3 aliphatic carbocycles. The largest absolute Gasteiger partial charge is 0.506 e. The van der Waals surface area contributed by atoms with E-state index in [2.05, 4.69) is 15.3 Å². The Balaban J connectivity index is 1.44. The molecule has 0 aromatic heterocycles. The number of carbonyl (C=O) groups excluding carboxylic acids is 3. The first-order chi connectivity index (χ1) is 23.7. The van der Waals surface area contributed by atoms with Crippen LogP contribution in [0.3, 0.4) is 0 Å². The fraction of sp³-hybridized carbons (Fsp3) is 0.667. The van der Waals surface area contributed by atoms with Crippen molar-refractivity contribution in [2.24, 2.45) is 22.4 Å². The molecule has 1 heterocycles. The lowest BCUT2D eigenvalue weighted by Gasteiger charge is -2.30. The summed E-state index contributed by atoms with van der Waals surface area (Å²) in [6, 6.07) is 5.87. The van der Waals surface area contributed by atoms with Gasteiger partial charge in [-0.15, -0.1) is 0 Å². The Kier molecular flexibility index (Phi) is 12.0. The molecule has 2 saturated carbocycles. The van der Waals surface area contributed by atoms with Gasteiger partial charge in [0.1, 0.15) is 5.76 Å². The van der Waals surface area contributed by atoms with Crippen molar-refractivity contribution in [2.75, 3.05) is 23.3 Å². The van der Waals surface area contributed by atoms with Crippen LogP contribution in [0.5, 0.6) is 0 Å². The Morgan fingerprint density at radius 1 is 0.880 bits per heavy atom. The van der Waals surface area contributed by atoms with Crippen LogP contribution in [0.15, 0.2) is 40.2 Å². The van der Waals surface area contributed by atoms with E-state index in [4.69, 9.17) is 0 Å². The van der Waals surface area contributed by atoms with Crippen LogP contribution in [0.2, 0.25) is 0 Å². The summed E-state index contributed by atoms with van der Waals surface area (Å²) in [5.41, 5.74) is 1.46. The smallest absolute Gasteiger partial charge is 0.277 e. The van der Waals surface area contributed by atoms with Crippen LogP contribution in [0, 0.1) is 17.3 Å². The molecule has 0 radical (unpaired) electrons. The number of hydrogen-bond acceptors (Lipinski definition) is 6. The van der Waals surface area contributed by atoms with Crippen LogP contribution in [0.25, 0.3) is 5.57 Å². The van der Waals surface area contributed by atoms with Crippen LogP contribution in [0.4, 0.5) is 11.4 Å². The highest BCUT2D eigenvalue weighted by atomic mass is 16.3. The molecule has 0 unspecified atom stereocenters. The molecular weight excluding hydrogens is 624 g/mol. The Bertz CT molecular complexity index is 1510. The van der Waals surface area contributed by atoms with Crippen molar-refractivity contribution >= 4 is 40.3 Å². The van der Waals surface area contributed by atoms with Crippen LogP contribution in [-0.4, -0.2) is 52.1 Å². The van der Waals surface area contributed by atoms with E-state index >= 15 is 0 Å². The number of allylic oxidation sites excluding steroid dienone is 2. The zero-order chi connectivity index (χ0) is 36.2. The van der Waals surface area contributed by atoms with E-state index in [0.29, 0.717) is 23.4 Å². The van der Waals surface area contributed by atoms with E-state index in [1.807, 2.05) is 59.7 Å². The lowest BCUT2D eigenvalue weighted by molar-refractivity contribution is -0.130. The van der Waals surface area contributed by atoms with Crippen molar-refractivity contribution in [1.82, 2.24) is 5.01 Å².